The first-order valence-corrected chi connectivity index (χ1v) is 10.7. The third kappa shape index (κ3) is 4.79. The minimum absolute atomic E-state index is 0.216. The van der Waals surface area contributed by atoms with E-state index < -0.39 is 18.3 Å². The lowest BCUT2D eigenvalue weighted by molar-refractivity contribution is 0.00917. The molecule has 2 saturated heterocycles. The van der Waals surface area contributed by atoms with E-state index >= 15 is 0 Å². The van der Waals surface area contributed by atoms with E-state index in [9.17, 15) is 9.18 Å². The van der Waals surface area contributed by atoms with Crippen LogP contribution in [0.3, 0.4) is 0 Å². The summed E-state index contributed by atoms with van der Waals surface area (Å²) in [6.07, 6.45) is -0.174. The molecular formula is C24H23FN4O4. The summed E-state index contributed by atoms with van der Waals surface area (Å²) < 4.78 is 30.9. The zero-order valence-corrected chi connectivity index (χ0v) is 17.9. The molecule has 2 aliphatic rings. The molecule has 4 atom stereocenters. The van der Waals surface area contributed by atoms with Crippen LogP contribution in [0.15, 0.2) is 60.8 Å². The van der Waals surface area contributed by atoms with Gasteiger partial charge in [0.15, 0.2) is 6.10 Å². The molecule has 2 aliphatic heterocycles. The third-order valence-corrected chi connectivity index (χ3v) is 5.65. The van der Waals surface area contributed by atoms with Gasteiger partial charge in [-0.05, 0) is 37.3 Å². The molecule has 3 heterocycles. The van der Waals surface area contributed by atoms with E-state index in [1.54, 1.807) is 24.4 Å². The van der Waals surface area contributed by atoms with Crippen LogP contribution < -0.4 is 10.6 Å². The van der Waals surface area contributed by atoms with E-state index in [0.717, 1.165) is 5.56 Å². The zero-order valence-electron chi connectivity index (χ0n) is 17.9. The highest BCUT2D eigenvalue weighted by atomic mass is 19.1. The van der Waals surface area contributed by atoms with Gasteiger partial charge in [-0.25, -0.2) is 19.2 Å². The Balaban J connectivity index is 1.20. The van der Waals surface area contributed by atoms with Gasteiger partial charge in [0.25, 0.3) is 0 Å². The van der Waals surface area contributed by atoms with Gasteiger partial charge in [0.2, 0.25) is 5.95 Å². The molecule has 0 aliphatic carbocycles. The summed E-state index contributed by atoms with van der Waals surface area (Å²) in [7, 11) is 0. The summed E-state index contributed by atoms with van der Waals surface area (Å²) in [5.41, 5.74) is 3.02. The Labute approximate surface area is 190 Å². The smallest absolute Gasteiger partial charge is 0.412 e. The number of hydrogen-bond acceptors (Lipinski definition) is 7. The number of nitrogens with zero attached hydrogens (tertiary/aromatic N) is 2. The Morgan fingerprint density at radius 2 is 1.91 bits per heavy atom. The van der Waals surface area contributed by atoms with Crippen molar-refractivity contribution in [1.82, 2.24) is 9.97 Å². The first-order valence-electron chi connectivity index (χ1n) is 10.7. The van der Waals surface area contributed by atoms with Crippen molar-refractivity contribution < 1.29 is 23.4 Å². The van der Waals surface area contributed by atoms with Gasteiger partial charge in [-0.1, -0.05) is 29.8 Å². The van der Waals surface area contributed by atoms with Gasteiger partial charge in [0, 0.05) is 17.4 Å². The third-order valence-electron chi connectivity index (χ3n) is 5.65. The summed E-state index contributed by atoms with van der Waals surface area (Å²) in [6, 6.07) is 15.2. The molecule has 2 N–H and O–H groups in total. The number of aromatic nitrogens is 2. The molecule has 5 rings (SSSR count). The lowest BCUT2D eigenvalue weighted by Gasteiger charge is -2.18. The molecule has 1 amide bonds. The van der Waals surface area contributed by atoms with Crippen LogP contribution in [0, 0.1) is 12.7 Å². The fourth-order valence-electron chi connectivity index (χ4n) is 4.01. The second kappa shape index (κ2) is 9.13. The largest absolute Gasteiger partial charge is 0.441 e. The van der Waals surface area contributed by atoms with Gasteiger partial charge in [-0.3, -0.25) is 5.32 Å². The molecule has 33 heavy (non-hydrogen) atoms. The average Bonchev–Trinajstić information content (AvgIpc) is 3.39. The normalized spacial score (nSPS) is 23.7. The predicted molar refractivity (Wildman–Crippen MR) is 119 cm³/mol. The molecule has 4 unspecified atom stereocenters. The van der Waals surface area contributed by atoms with Crippen LogP contribution >= 0.6 is 0 Å². The summed E-state index contributed by atoms with van der Waals surface area (Å²) >= 11 is 0. The molecule has 170 valence electrons. The fraction of sp³-hybridized carbons (Fsp3) is 0.292. The van der Waals surface area contributed by atoms with Crippen molar-refractivity contribution in [2.24, 2.45) is 0 Å². The van der Waals surface area contributed by atoms with Crippen molar-refractivity contribution in [2.45, 2.75) is 31.3 Å². The number of fused-ring (bicyclic) bond motifs is 1. The lowest BCUT2D eigenvalue weighted by atomic mass is 10.1. The molecule has 3 aromatic rings. The zero-order chi connectivity index (χ0) is 22.8. The average molecular weight is 450 g/mol. The molecule has 0 radical (unpaired) electrons. The number of carbonyl (C=O) groups excluding carboxylic acids is 1. The number of halogens is 1. The Morgan fingerprint density at radius 1 is 1.09 bits per heavy atom. The molecule has 8 nitrogen and oxygen atoms in total. The standard InChI is InChI=1S/C24H23FN4O4/c1-14-5-7-17(8-6-14)27-24(30)33-20-13-32-21-19(12-31-22(20)21)29-23-26-10-9-18(28-23)15-3-2-4-16(25)11-15/h2-11,19-22H,12-13H2,1H3,(H,27,30)(H,26,28,29). The van der Waals surface area contributed by atoms with E-state index in [2.05, 4.69) is 20.6 Å². The van der Waals surface area contributed by atoms with Crippen LogP contribution in [-0.4, -0.2) is 53.6 Å². The Kier molecular flexibility index (Phi) is 5.89. The van der Waals surface area contributed by atoms with Gasteiger partial charge < -0.3 is 19.5 Å². The van der Waals surface area contributed by atoms with Crippen LogP contribution in [0.4, 0.5) is 20.8 Å². The molecule has 2 aromatic carbocycles. The fourth-order valence-corrected chi connectivity index (χ4v) is 4.01. The molecule has 9 heteroatoms. The van der Waals surface area contributed by atoms with Gasteiger partial charge in [0.05, 0.1) is 24.9 Å². The van der Waals surface area contributed by atoms with Gasteiger partial charge >= 0.3 is 6.09 Å². The first kappa shape index (κ1) is 21.3. The van der Waals surface area contributed by atoms with Gasteiger partial charge in [0.1, 0.15) is 18.0 Å². The first-order chi connectivity index (χ1) is 16.0. The number of anilines is 2. The Bertz CT molecular complexity index is 1140. The number of rotatable bonds is 5. The van der Waals surface area contributed by atoms with Crippen LogP contribution in [-0.2, 0) is 14.2 Å². The summed E-state index contributed by atoms with van der Waals surface area (Å²) in [6.45, 7) is 2.56. The highest BCUT2D eigenvalue weighted by Gasteiger charge is 2.49. The van der Waals surface area contributed by atoms with E-state index in [0.29, 0.717) is 29.5 Å². The maximum Gasteiger partial charge on any atom is 0.412 e. The Hall–Kier alpha value is -3.56. The van der Waals surface area contributed by atoms with Crippen molar-refractivity contribution in [2.75, 3.05) is 23.8 Å². The lowest BCUT2D eigenvalue weighted by Crippen LogP contribution is -2.38. The van der Waals surface area contributed by atoms with Crippen LogP contribution in [0.25, 0.3) is 11.3 Å². The number of hydrogen-bond donors (Lipinski definition) is 2. The highest BCUT2D eigenvalue weighted by Crippen LogP contribution is 2.31. The van der Waals surface area contributed by atoms with Gasteiger partial charge in [-0.15, -0.1) is 0 Å². The molecule has 0 spiro atoms. The number of nitrogens with one attached hydrogen (secondary N) is 2. The maximum atomic E-state index is 13.6. The number of ether oxygens (including phenoxy) is 3. The summed E-state index contributed by atoms with van der Waals surface area (Å²) in [5, 5.41) is 5.95. The predicted octanol–water partition coefficient (Wildman–Crippen LogP) is 3.79. The van der Waals surface area contributed by atoms with Crippen LogP contribution in [0.5, 0.6) is 0 Å². The van der Waals surface area contributed by atoms with E-state index in [4.69, 9.17) is 14.2 Å². The second-order valence-electron chi connectivity index (χ2n) is 8.06. The minimum atomic E-state index is -0.556. The maximum absolute atomic E-state index is 13.6. The van der Waals surface area contributed by atoms with E-state index in [1.807, 2.05) is 31.2 Å². The van der Waals surface area contributed by atoms with Gasteiger partial charge in [-0.2, -0.15) is 0 Å². The number of carbonyl (C=O) groups is 1. The van der Waals surface area contributed by atoms with Crippen LogP contribution in [0.1, 0.15) is 5.56 Å². The topological polar surface area (TPSA) is 94.6 Å². The summed E-state index contributed by atoms with van der Waals surface area (Å²) in [4.78, 5) is 21.1. The minimum Gasteiger partial charge on any atom is -0.441 e. The van der Waals surface area contributed by atoms with Crippen LogP contribution in [0.2, 0.25) is 0 Å². The molecule has 0 bridgehead atoms. The van der Waals surface area contributed by atoms with Crippen molar-refractivity contribution in [3.8, 4) is 11.3 Å². The van der Waals surface area contributed by atoms with Crippen molar-refractivity contribution in [3.63, 3.8) is 0 Å². The molecule has 0 saturated carbocycles. The quantitative estimate of drug-likeness (QED) is 0.611. The Morgan fingerprint density at radius 3 is 2.73 bits per heavy atom. The van der Waals surface area contributed by atoms with Crippen molar-refractivity contribution in [3.05, 3.63) is 72.2 Å². The summed E-state index contributed by atoms with van der Waals surface area (Å²) in [5.74, 6) is 0.0561. The SMILES string of the molecule is Cc1ccc(NC(=O)OC2COC3C(Nc4nccc(-c5cccc(F)c5)n4)COC23)cc1. The highest BCUT2D eigenvalue weighted by molar-refractivity contribution is 5.84. The molecule has 1 aromatic heterocycles. The van der Waals surface area contributed by atoms with E-state index in [-0.39, 0.29) is 24.6 Å². The van der Waals surface area contributed by atoms with Crippen molar-refractivity contribution in [1.29, 1.82) is 0 Å². The van der Waals surface area contributed by atoms with E-state index in [1.165, 1.54) is 12.1 Å². The molecular weight excluding hydrogens is 427 g/mol. The number of benzene rings is 2. The van der Waals surface area contributed by atoms with Crippen molar-refractivity contribution >= 4 is 17.7 Å². The number of amides is 1. The second-order valence-corrected chi connectivity index (χ2v) is 8.06. The number of aryl methyl sites for hydroxylation is 1. The monoisotopic (exact) mass is 450 g/mol. The molecule has 2 fully saturated rings.